The molecule has 0 saturated carbocycles. The second-order valence-corrected chi connectivity index (χ2v) is 8.12. The molecule has 4 nitrogen and oxygen atoms in total. The third-order valence-electron chi connectivity index (χ3n) is 5.24. The lowest BCUT2D eigenvalue weighted by atomic mass is 10.0. The molecule has 3 aromatic carbocycles. The third-order valence-corrected chi connectivity index (χ3v) is 5.24. The van der Waals surface area contributed by atoms with E-state index >= 15 is 0 Å². The van der Waals surface area contributed by atoms with Crippen LogP contribution >= 0.6 is 0 Å². The summed E-state index contributed by atoms with van der Waals surface area (Å²) in [5.41, 5.74) is 3.99. The fourth-order valence-corrected chi connectivity index (χ4v) is 3.51. The van der Waals surface area contributed by atoms with E-state index in [9.17, 15) is 9.59 Å². The largest absolute Gasteiger partial charge is 0.350 e. The number of carbonyl (C=O) groups is 2. The van der Waals surface area contributed by atoms with E-state index in [4.69, 9.17) is 0 Å². The zero-order valence-electron chi connectivity index (χ0n) is 18.4. The van der Waals surface area contributed by atoms with Crippen molar-refractivity contribution < 1.29 is 9.59 Å². The number of nitrogens with zero attached hydrogens (tertiary/aromatic N) is 1. The summed E-state index contributed by atoms with van der Waals surface area (Å²) in [4.78, 5) is 28.4. The molecule has 0 saturated heterocycles. The lowest BCUT2D eigenvalue weighted by Crippen LogP contribution is -2.44. The van der Waals surface area contributed by atoms with Crippen LogP contribution in [0.25, 0.3) is 0 Å². The van der Waals surface area contributed by atoms with Crippen LogP contribution in [0.15, 0.2) is 84.9 Å². The Morgan fingerprint density at radius 1 is 0.806 bits per heavy atom. The predicted molar refractivity (Wildman–Crippen MR) is 124 cm³/mol. The summed E-state index contributed by atoms with van der Waals surface area (Å²) >= 11 is 0. The second kappa shape index (κ2) is 10.6. The van der Waals surface area contributed by atoms with Crippen LogP contribution in [-0.4, -0.2) is 16.7 Å². The molecule has 3 rings (SSSR count). The Morgan fingerprint density at radius 2 is 1.39 bits per heavy atom. The van der Waals surface area contributed by atoms with Gasteiger partial charge in [0.25, 0.3) is 0 Å². The first-order valence-electron chi connectivity index (χ1n) is 10.7. The van der Waals surface area contributed by atoms with Gasteiger partial charge in [0.1, 0.15) is 6.04 Å². The highest BCUT2D eigenvalue weighted by Gasteiger charge is 2.32. The van der Waals surface area contributed by atoms with Crippen molar-refractivity contribution in [2.45, 2.75) is 39.9 Å². The van der Waals surface area contributed by atoms with Crippen molar-refractivity contribution >= 4 is 11.8 Å². The molecule has 160 valence electrons. The maximum atomic E-state index is 13.4. The molecule has 0 aliphatic heterocycles. The van der Waals surface area contributed by atoms with Crippen LogP contribution in [0.3, 0.4) is 0 Å². The van der Waals surface area contributed by atoms with Crippen LogP contribution in [0.5, 0.6) is 0 Å². The minimum Gasteiger partial charge on any atom is -0.350 e. The van der Waals surface area contributed by atoms with Gasteiger partial charge < -0.3 is 10.2 Å². The van der Waals surface area contributed by atoms with E-state index in [2.05, 4.69) is 5.32 Å². The fourth-order valence-electron chi connectivity index (χ4n) is 3.51. The molecule has 0 bridgehead atoms. The average molecular weight is 415 g/mol. The van der Waals surface area contributed by atoms with Gasteiger partial charge in [0.05, 0.1) is 0 Å². The Bertz CT molecular complexity index is 983. The molecule has 4 heteroatoms. The summed E-state index contributed by atoms with van der Waals surface area (Å²) in [5, 5.41) is 3.04. The molecule has 3 aromatic rings. The topological polar surface area (TPSA) is 49.4 Å². The molecule has 31 heavy (non-hydrogen) atoms. The maximum absolute atomic E-state index is 13.4. The molecule has 2 amide bonds. The number of amides is 2. The Hall–Kier alpha value is -3.40. The van der Waals surface area contributed by atoms with Crippen molar-refractivity contribution in [3.63, 3.8) is 0 Å². The molecule has 0 aromatic heterocycles. The lowest BCUT2D eigenvalue weighted by Gasteiger charge is -2.33. The summed E-state index contributed by atoms with van der Waals surface area (Å²) in [5.74, 6) is -0.459. The van der Waals surface area contributed by atoms with E-state index < -0.39 is 6.04 Å². The zero-order chi connectivity index (χ0) is 22.2. The molecule has 0 heterocycles. The van der Waals surface area contributed by atoms with Crippen LogP contribution in [0, 0.1) is 12.8 Å². The number of benzene rings is 3. The molecule has 0 radical (unpaired) electrons. The van der Waals surface area contributed by atoms with E-state index in [1.165, 1.54) is 5.56 Å². The first-order valence-corrected chi connectivity index (χ1v) is 10.7. The van der Waals surface area contributed by atoms with Gasteiger partial charge >= 0.3 is 0 Å². The first-order chi connectivity index (χ1) is 15.0. The minimum atomic E-state index is -0.707. The number of rotatable bonds is 8. The van der Waals surface area contributed by atoms with Gasteiger partial charge in [-0.1, -0.05) is 104 Å². The van der Waals surface area contributed by atoms with Gasteiger partial charge in [-0.2, -0.15) is 0 Å². The van der Waals surface area contributed by atoms with E-state index in [-0.39, 0.29) is 17.7 Å². The summed E-state index contributed by atoms with van der Waals surface area (Å²) < 4.78 is 0. The summed E-state index contributed by atoms with van der Waals surface area (Å²) in [6.07, 6.45) is 0. The third kappa shape index (κ3) is 6.05. The van der Waals surface area contributed by atoms with Crippen molar-refractivity contribution in [3.05, 3.63) is 107 Å². The van der Waals surface area contributed by atoms with Crippen molar-refractivity contribution in [2.24, 2.45) is 5.92 Å². The number of hydrogen-bond acceptors (Lipinski definition) is 2. The molecule has 1 N–H and O–H groups in total. The SMILES string of the molecule is Cc1ccc(CNC(=O)[C@@H](c2ccccc2)N(Cc2ccccc2)C(=O)C(C)C)cc1. The Morgan fingerprint density at radius 3 is 1.97 bits per heavy atom. The van der Waals surface area contributed by atoms with Gasteiger partial charge in [0.2, 0.25) is 11.8 Å². The average Bonchev–Trinajstić information content (AvgIpc) is 2.79. The minimum absolute atomic E-state index is 0.0526. The van der Waals surface area contributed by atoms with Gasteiger partial charge in [-0.25, -0.2) is 0 Å². The van der Waals surface area contributed by atoms with E-state index in [1.54, 1.807) is 4.90 Å². The number of hydrogen-bond donors (Lipinski definition) is 1. The van der Waals surface area contributed by atoms with E-state index in [1.807, 2.05) is 106 Å². The normalized spacial score (nSPS) is 11.7. The van der Waals surface area contributed by atoms with Crippen molar-refractivity contribution in [2.75, 3.05) is 0 Å². The van der Waals surface area contributed by atoms with Gasteiger partial charge in [-0.05, 0) is 23.6 Å². The van der Waals surface area contributed by atoms with Gasteiger partial charge in [0, 0.05) is 19.0 Å². The van der Waals surface area contributed by atoms with Crippen molar-refractivity contribution in [3.8, 4) is 0 Å². The Labute approximate surface area is 184 Å². The maximum Gasteiger partial charge on any atom is 0.247 e. The molecular weight excluding hydrogens is 384 g/mol. The highest BCUT2D eigenvalue weighted by atomic mass is 16.2. The van der Waals surface area contributed by atoms with E-state index in [0.717, 1.165) is 16.7 Å². The molecule has 0 unspecified atom stereocenters. The van der Waals surface area contributed by atoms with Crippen molar-refractivity contribution in [1.82, 2.24) is 10.2 Å². The zero-order valence-corrected chi connectivity index (χ0v) is 18.4. The van der Waals surface area contributed by atoms with Crippen LogP contribution in [-0.2, 0) is 22.7 Å². The summed E-state index contributed by atoms with van der Waals surface area (Å²) in [6, 6.07) is 26.7. The van der Waals surface area contributed by atoms with Crippen LogP contribution in [0.4, 0.5) is 0 Å². The Balaban J connectivity index is 1.91. The van der Waals surface area contributed by atoms with Crippen LogP contribution in [0.1, 0.15) is 42.1 Å². The highest BCUT2D eigenvalue weighted by Crippen LogP contribution is 2.25. The number of carbonyl (C=O) groups excluding carboxylic acids is 2. The summed E-state index contributed by atoms with van der Waals surface area (Å²) in [6.45, 7) is 6.55. The van der Waals surface area contributed by atoms with Gasteiger partial charge in [0.15, 0.2) is 0 Å². The molecule has 0 aliphatic carbocycles. The molecule has 0 aliphatic rings. The smallest absolute Gasteiger partial charge is 0.247 e. The number of aryl methyl sites for hydroxylation is 1. The predicted octanol–water partition coefficient (Wildman–Crippen LogP) is 5.04. The molecule has 0 fully saturated rings. The second-order valence-electron chi connectivity index (χ2n) is 8.12. The quantitative estimate of drug-likeness (QED) is 0.562. The van der Waals surface area contributed by atoms with Crippen LogP contribution in [0.2, 0.25) is 0 Å². The standard InChI is InChI=1S/C27H30N2O2/c1-20(2)27(31)29(19-23-10-6-4-7-11-23)25(24-12-8-5-9-13-24)26(30)28-18-22-16-14-21(3)15-17-22/h4-17,20,25H,18-19H2,1-3H3,(H,28,30)/t25-/m1/s1. The van der Waals surface area contributed by atoms with Gasteiger partial charge in [-0.15, -0.1) is 0 Å². The monoisotopic (exact) mass is 414 g/mol. The van der Waals surface area contributed by atoms with Gasteiger partial charge in [-0.3, -0.25) is 9.59 Å². The highest BCUT2D eigenvalue weighted by molar-refractivity contribution is 5.89. The Kier molecular flexibility index (Phi) is 7.60. The molecular formula is C27H30N2O2. The first kappa shape index (κ1) is 22.3. The fraction of sp³-hybridized carbons (Fsp3) is 0.259. The summed E-state index contributed by atoms with van der Waals surface area (Å²) in [7, 11) is 0. The lowest BCUT2D eigenvalue weighted by molar-refractivity contribution is -0.144. The molecule has 1 atom stereocenters. The number of nitrogens with one attached hydrogen (secondary N) is 1. The van der Waals surface area contributed by atoms with Crippen molar-refractivity contribution in [1.29, 1.82) is 0 Å². The van der Waals surface area contributed by atoms with E-state index in [0.29, 0.717) is 13.1 Å². The van der Waals surface area contributed by atoms with Crippen LogP contribution < -0.4 is 5.32 Å². The molecule has 0 spiro atoms.